The minimum absolute atomic E-state index is 0.0989. The van der Waals surface area contributed by atoms with Crippen LogP contribution in [0.1, 0.15) is 117 Å². The Morgan fingerprint density at radius 2 is 0.658 bits per heavy atom. The monoisotopic (exact) mass is 2070 g/mol. The van der Waals surface area contributed by atoms with Gasteiger partial charge < -0.3 is 81.4 Å². The van der Waals surface area contributed by atoms with E-state index in [2.05, 4.69) is 288 Å². The zero-order valence-electron chi connectivity index (χ0n) is 65.5. The van der Waals surface area contributed by atoms with Gasteiger partial charge >= 0.3 is 0 Å². The summed E-state index contributed by atoms with van der Waals surface area (Å²) in [5.74, 6) is 5.56. The van der Waals surface area contributed by atoms with E-state index in [1.165, 1.54) is 61.8 Å². The maximum Gasteiger partial charge on any atom is 0.175 e. The molecule has 4 aliphatic heterocycles. The highest BCUT2D eigenvalue weighted by Gasteiger charge is 2.27. The summed E-state index contributed by atoms with van der Waals surface area (Å²) in [4.78, 5) is 57.8. The van der Waals surface area contributed by atoms with Crippen LogP contribution < -0.4 is 63.1 Å². The molecule has 0 saturated carbocycles. The first-order valence-electron chi connectivity index (χ1n) is 38.0. The molecule has 604 valence electrons. The first-order chi connectivity index (χ1) is 54.7. The van der Waals surface area contributed by atoms with E-state index in [1.54, 1.807) is 47.0 Å². The van der Waals surface area contributed by atoms with Gasteiger partial charge in [-0.05, 0) is 255 Å². The van der Waals surface area contributed by atoms with Crippen LogP contribution in [0.5, 0.6) is 23.0 Å². The van der Waals surface area contributed by atoms with Gasteiger partial charge in [0.05, 0.1) is 26.4 Å². The summed E-state index contributed by atoms with van der Waals surface area (Å²) in [7, 11) is 0. The maximum atomic E-state index is 6.08. The van der Waals surface area contributed by atoms with Crippen LogP contribution in [0.3, 0.4) is 0 Å². The van der Waals surface area contributed by atoms with E-state index in [4.69, 9.17) is 61.8 Å². The Labute approximate surface area is 735 Å². The molecular weight excluding hydrogens is 1970 g/mol. The second-order valence-corrected chi connectivity index (χ2v) is 38.9. The number of nitrogens with zero attached hydrogens (tertiary/aromatic N) is 16. The average molecular weight is 2070 g/mol. The lowest BCUT2D eigenvalue weighted by molar-refractivity contribution is 0.356. The summed E-state index contributed by atoms with van der Waals surface area (Å²) in [6.45, 7) is 31.6. The Morgan fingerprint density at radius 1 is 0.395 bits per heavy atom. The fourth-order valence-electron chi connectivity index (χ4n) is 12.9. The lowest BCUT2D eigenvalue weighted by atomic mass is 10.1. The number of nitrogens with two attached hydrogens (primary N) is 4. The third-order valence-corrected chi connectivity index (χ3v) is 27.8. The number of rotatable bonds is 26. The van der Waals surface area contributed by atoms with Gasteiger partial charge in [-0.25, -0.2) is 59.8 Å². The largest absolute Gasteiger partial charge is 0.493 e. The van der Waals surface area contributed by atoms with Gasteiger partial charge in [0, 0.05) is 109 Å². The van der Waals surface area contributed by atoms with E-state index >= 15 is 0 Å². The van der Waals surface area contributed by atoms with Crippen molar-refractivity contribution in [2.45, 2.75) is 210 Å². The number of halogens is 4. The number of benzene rings is 4. The fraction of sp³-hybridized carbons (Fsp3) is 0.436. The summed E-state index contributed by atoms with van der Waals surface area (Å²) in [6, 6.07) is 18.3. The van der Waals surface area contributed by atoms with Crippen molar-refractivity contribution in [1.82, 2.24) is 99.3 Å². The van der Waals surface area contributed by atoms with Gasteiger partial charge in [-0.3, -0.25) is 0 Å². The normalized spacial score (nSPS) is 13.5. The van der Waals surface area contributed by atoms with Gasteiger partial charge in [0.2, 0.25) is 0 Å². The molecule has 0 aliphatic carbocycles. The molecule has 12 heterocycles. The van der Waals surface area contributed by atoms with E-state index in [1.807, 2.05) is 0 Å². The molecule has 0 bridgehead atoms. The molecule has 0 saturated heterocycles. The predicted molar refractivity (Wildman–Crippen MR) is 489 cm³/mol. The number of nitrogens with one attached hydrogen (secondary N) is 4. The number of anilines is 4. The van der Waals surface area contributed by atoms with Crippen molar-refractivity contribution >= 4 is 205 Å². The highest BCUT2D eigenvalue weighted by Crippen LogP contribution is 2.44. The molecule has 36 heteroatoms. The topological polar surface area (TPSA) is 364 Å². The Hall–Kier alpha value is -6.36. The van der Waals surface area contributed by atoms with Crippen LogP contribution >= 0.6 is 137 Å². The van der Waals surface area contributed by atoms with Crippen LogP contribution in [-0.4, -0.2) is 154 Å². The standard InChI is InChI=1S/2C20H25IN6OS.2C19H23IN6OS/c2*1-20(2,3)25-6-4-7-27-18-16(17(22)23-11-24-18)26-19(27)29-15-10-14-12(5-8-28-14)9-13(15)21;2*1-11(2)22-5-3-6-26-18-16(17(21)23-10-24-18)25-19(26)28-15-9-14-12(4-7-27-14)8-13(15)20/h2*9-11,25H,4-8H2,1-3H3,(H2,22,23,24);2*8-11,22H,3-7H2,1-2H3,(H2,21,23,24)/i21+4;21-3;20+4;20-3. The molecular formula is C78H96I4N24O4S4. The lowest BCUT2D eigenvalue weighted by Crippen LogP contribution is -2.36. The zero-order valence-corrected chi connectivity index (χ0v) is 77.4. The average Bonchev–Trinajstić information content (AvgIpc) is 1.64. The number of fused-ring (bicyclic) bond motifs is 8. The summed E-state index contributed by atoms with van der Waals surface area (Å²) in [5.41, 5.74) is 35.3. The Morgan fingerprint density at radius 3 is 0.939 bits per heavy atom. The molecule has 0 radical (unpaired) electrons. The number of hydrogen-bond acceptors (Lipinski definition) is 28. The molecule has 4 aromatic carbocycles. The summed E-state index contributed by atoms with van der Waals surface area (Å²) in [5, 5.41) is 17.5. The third kappa shape index (κ3) is 21.6. The minimum atomic E-state index is 0.0989. The van der Waals surface area contributed by atoms with Gasteiger partial charge in [0.1, 0.15) is 48.3 Å². The maximum absolute atomic E-state index is 6.08. The van der Waals surface area contributed by atoms with E-state index in [-0.39, 0.29) is 11.1 Å². The van der Waals surface area contributed by atoms with Crippen LogP contribution in [0.2, 0.25) is 0 Å². The molecule has 0 amide bonds. The number of ether oxygens (including phenoxy) is 4. The molecule has 0 unspecified atom stereocenters. The molecule has 28 nitrogen and oxygen atoms in total. The van der Waals surface area contributed by atoms with E-state index in [9.17, 15) is 0 Å². The van der Waals surface area contributed by atoms with Crippen LogP contribution in [0.4, 0.5) is 23.3 Å². The molecule has 12 aromatic rings. The van der Waals surface area contributed by atoms with Crippen LogP contribution in [0.25, 0.3) is 44.7 Å². The molecule has 4 aliphatic rings. The molecule has 0 atom stereocenters. The highest BCUT2D eigenvalue weighted by atomic mass is 131. The SMILES string of the molecule is CC(C)(C)NCCCn1c(Sc2cc3c(cc2[124I])CCO3)nc2c(N)ncnc21.CC(C)(C)NCCCn1c(Sc2cc3c(cc2[131I])CCO3)nc2c(N)ncnc21.CC(C)NCCCn1c(Sc2cc3c(cc2[124I])CCO3)nc2c(N)ncnc21.CC(C)NCCCn1c(Sc2cc3c(cc2[131I])CCO3)nc2c(N)ncnc21. The Bertz CT molecular complexity index is 5090. The van der Waals surface area contributed by atoms with E-state index in [0.717, 1.165) is 216 Å². The van der Waals surface area contributed by atoms with Crippen molar-refractivity contribution in [3.05, 3.63) is 110 Å². The number of imidazole rings is 4. The third-order valence-electron chi connectivity index (χ3n) is 18.5. The first-order valence-corrected chi connectivity index (χ1v) is 45.6. The van der Waals surface area contributed by atoms with Crippen LogP contribution in [-0.2, 0) is 51.9 Å². The molecule has 0 fully saturated rings. The van der Waals surface area contributed by atoms with Crippen LogP contribution in [0, 0.1) is 14.3 Å². The van der Waals surface area contributed by atoms with Crippen LogP contribution in [0.15, 0.2) is 114 Å². The minimum Gasteiger partial charge on any atom is -0.493 e. The Balaban J connectivity index is 0.000000133. The van der Waals surface area contributed by atoms with Crippen molar-refractivity contribution < 1.29 is 18.9 Å². The van der Waals surface area contributed by atoms with Crippen molar-refractivity contribution in [3.8, 4) is 23.0 Å². The molecule has 114 heavy (non-hydrogen) atoms. The second-order valence-electron chi connectivity index (χ2n) is 30.3. The van der Waals surface area contributed by atoms with Gasteiger partial charge in [0.25, 0.3) is 0 Å². The number of nitrogen functional groups attached to an aromatic ring is 4. The van der Waals surface area contributed by atoms with Crippen molar-refractivity contribution in [2.75, 3.05) is 75.5 Å². The lowest BCUT2D eigenvalue weighted by Gasteiger charge is -2.20. The molecule has 16 rings (SSSR count). The van der Waals surface area contributed by atoms with Gasteiger partial charge in [-0.1, -0.05) is 74.7 Å². The predicted octanol–water partition coefficient (Wildman–Crippen LogP) is 14.7. The first kappa shape index (κ1) is 85.5. The van der Waals surface area contributed by atoms with Crippen molar-refractivity contribution in [3.63, 3.8) is 0 Å². The summed E-state index contributed by atoms with van der Waals surface area (Å²) in [6.07, 6.45) is 13.8. The van der Waals surface area contributed by atoms with Gasteiger partial charge in [-0.2, -0.15) is 0 Å². The van der Waals surface area contributed by atoms with Crippen molar-refractivity contribution in [2.24, 2.45) is 0 Å². The molecule has 0 spiro atoms. The van der Waals surface area contributed by atoms with Gasteiger partial charge in [-0.15, -0.1) is 0 Å². The highest BCUT2D eigenvalue weighted by molar-refractivity contribution is 14.1. The summed E-state index contributed by atoms with van der Waals surface area (Å²) < 4.78 is 36.4. The quantitative estimate of drug-likeness (QED) is 0.0184. The van der Waals surface area contributed by atoms with Gasteiger partial charge in [0.15, 0.2) is 88.6 Å². The fourth-order valence-corrected chi connectivity index (χ4v) is 20.1. The number of hydrogen-bond donors (Lipinski definition) is 8. The van der Waals surface area contributed by atoms with Crippen molar-refractivity contribution in [1.29, 1.82) is 0 Å². The van der Waals surface area contributed by atoms with E-state index in [0.29, 0.717) is 57.4 Å². The molecule has 12 N–H and O–H groups in total. The smallest absolute Gasteiger partial charge is 0.175 e. The zero-order chi connectivity index (χ0) is 80.5. The number of aryl methyl sites for hydroxylation is 4. The number of aromatic nitrogens is 16. The second kappa shape index (κ2) is 38.6. The Kier molecular flexibility index (Phi) is 28.9. The molecule has 8 aromatic heterocycles. The van der Waals surface area contributed by atoms with E-state index < -0.39 is 0 Å². The summed E-state index contributed by atoms with van der Waals surface area (Å²) >= 11 is 16.0.